The topological polar surface area (TPSA) is 89.8 Å². The van der Waals surface area contributed by atoms with Crippen molar-refractivity contribution in [3.63, 3.8) is 0 Å². The molecule has 0 saturated carbocycles. The molecule has 0 unspecified atom stereocenters. The van der Waals surface area contributed by atoms with Crippen molar-refractivity contribution in [3.05, 3.63) is 46.8 Å². The van der Waals surface area contributed by atoms with Crippen LogP contribution in [0, 0.1) is 0 Å². The quantitative estimate of drug-likeness (QED) is 0.665. The van der Waals surface area contributed by atoms with E-state index in [0.29, 0.717) is 29.3 Å². The van der Waals surface area contributed by atoms with Crippen LogP contribution in [0.3, 0.4) is 0 Å². The number of hydrogen-bond donors (Lipinski definition) is 2. The van der Waals surface area contributed by atoms with E-state index in [4.69, 9.17) is 13.9 Å². The molecule has 0 saturated heterocycles. The zero-order valence-electron chi connectivity index (χ0n) is 13.0. The number of carbonyl (C=O) groups is 2. The number of rotatable bonds is 8. The molecule has 0 aliphatic rings. The highest BCUT2D eigenvalue weighted by molar-refractivity contribution is 9.10. The van der Waals surface area contributed by atoms with Gasteiger partial charge in [0.05, 0.1) is 20.2 Å². The fraction of sp³-hybridized carbons (Fsp3) is 0.250. The highest BCUT2D eigenvalue weighted by atomic mass is 79.9. The molecule has 128 valence electrons. The first-order chi connectivity index (χ1) is 11.6. The number of hydrogen-bond acceptors (Lipinski definition) is 5. The van der Waals surface area contributed by atoms with E-state index in [-0.39, 0.29) is 18.2 Å². The summed E-state index contributed by atoms with van der Waals surface area (Å²) in [5.74, 6) is 0.715. The Morgan fingerprint density at radius 2 is 1.96 bits per heavy atom. The first-order valence-electron chi connectivity index (χ1n) is 7.15. The van der Waals surface area contributed by atoms with Gasteiger partial charge in [0.15, 0.2) is 10.4 Å². The fourth-order valence-electron chi connectivity index (χ4n) is 1.80. The summed E-state index contributed by atoms with van der Waals surface area (Å²) in [5, 5.41) is 5.11. The van der Waals surface area contributed by atoms with E-state index in [9.17, 15) is 9.59 Å². The van der Waals surface area contributed by atoms with Gasteiger partial charge in [-0.2, -0.15) is 0 Å². The van der Waals surface area contributed by atoms with E-state index < -0.39 is 5.91 Å². The zero-order valence-corrected chi connectivity index (χ0v) is 14.6. The number of amides is 2. The minimum atomic E-state index is -0.455. The van der Waals surface area contributed by atoms with Gasteiger partial charge < -0.3 is 24.5 Å². The summed E-state index contributed by atoms with van der Waals surface area (Å²) in [4.78, 5) is 23.4. The molecule has 0 aliphatic carbocycles. The van der Waals surface area contributed by atoms with E-state index in [1.54, 1.807) is 25.3 Å². The number of halogens is 1. The molecule has 1 aromatic heterocycles. The first kappa shape index (κ1) is 17.9. The maximum atomic E-state index is 11.7. The van der Waals surface area contributed by atoms with Gasteiger partial charge in [0.25, 0.3) is 5.91 Å². The number of furan rings is 1. The third-order valence-electron chi connectivity index (χ3n) is 2.94. The van der Waals surface area contributed by atoms with Crippen LogP contribution < -0.4 is 20.1 Å². The Bertz CT molecular complexity index is 701. The van der Waals surface area contributed by atoms with Crippen molar-refractivity contribution in [3.8, 4) is 11.5 Å². The standard InChI is InChI=1S/C16H17BrN2O5/c1-22-11-3-2-4-12(9-11)23-8-7-18-15(20)10-19-16(21)13-5-6-14(17)24-13/h2-6,9H,7-8,10H2,1H3,(H,18,20)(H,19,21). The van der Waals surface area contributed by atoms with Crippen LogP contribution in [0.4, 0.5) is 0 Å². The highest BCUT2D eigenvalue weighted by Gasteiger charge is 2.11. The normalized spacial score (nSPS) is 10.1. The molecule has 0 aliphatic heterocycles. The van der Waals surface area contributed by atoms with Crippen molar-refractivity contribution >= 4 is 27.7 Å². The smallest absolute Gasteiger partial charge is 0.287 e. The van der Waals surface area contributed by atoms with Gasteiger partial charge >= 0.3 is 0 Å². The SMILES string of the molecule is COc1cccc(OCCNC(=O)CNC(=O)c2ccc(Br)o2)c1. The maximum Gasteiger partial charge on any atom is 0.287 e. The molecule has 1 heterocycles. The monoisotopic (exact) mass is 396 g/mol. The summed E-state index contributed by atoms with van der Waals surface area (Å²) in [5.41, 5.74) is 0. The minimum Gasteiger partial charge on any atom is -0.497 e. The molecule has 24 heavy (non-hydrogen) atoms. The summed E-state index contributed by atoms with van der Waals surface area (Å²) in [6.45, 7) is 0.479. The molecule has 0 spiro atoms. The van der Waals surface area contributed by atoms with Crippen molar-refractivity contribution < 1.29 is 23.5 Å². The molecule has 0 atom stereocenters. The molecule has 7 nitrogen and oxygen atoms in total. The lowest BCUT2D eigenvalue weighted by Crippen LogP contribution is -2.38. The van der Waals surface area contributed by atoms with Gasteiger partial charge in [-0.05, 0) is 40.2 Å². The van der Waals surface area contributed by atoms with E-state index in [1.165, 1.54) is 6.07 Å². The number of nitrogens with one attached hydrogen (secondary N) is 2. The second-order valence-corrected chi connectivity index (χ2v) is 5.45. The van der Waals surface area contributed by atoms with Crippen LogP contribution in [0.2, 0.25) is 0 Å². The van der Waals surface area contributed by atoms with Gasteiger partial charge in [-0.25, -0.2) is 0 Å². The number of carbonyl (C=O) groups excluding carboxylic acids is 2. The average Bonchev–Trinajstić information content (AvgIpc) is 3.03. The lowest BCUT2D eigenvalue weighted by atomic mass is 10.3. The molecule has 8 heteroatoms. The largest absolute Gasteiger partial charge is 0.497 e. The third-order valence-corrected chi connectivity index (χ3v) is 3.37. The summed E-state index contributed by atoms with van der Waals surface area (Å²) >= 11 is 3.10. The highest BCUT2D eigenvalue weighted by Crippen LogP contribution is 2.18. The Hall–Kier alpha value is -2.48. The summed E-state index contributed by atoms with van der Waals surface area (Å²) in [6, 6.07) is 10.3. The van der Waals surface area contributed by atoms with Crippen LogP contribution in [-0.2, 0) is 4.79 Å². The molecular formula is C16H17BrN2O5. The van der Waals surface area contributed by atoms with Gasteiger partial charge in [-0.1, -0.05) is 6.07 Å². The summed E-state index contributed by atoms with van der Waals surface area (Å²) in [6.07, 6.45) is 0. The lowest BCUT2D eigenvalue weighted by molar-refractivity contribution is -0.120. The lowest BCUT2D eigenvalue weighted by Gasteiger charge is -2.09. The number of ether oxygens (including phenoxy) is 2. The molecule has 0 bridgehead atoms. The minimum absolute atomic E-state index is 0.135. The zero-order chi connectivity index (χ0) is 17.4. The molecular weight excluding hydrogens is 380 g/mol. The maximum absolute atomic E-state index is 11.7. The Labute approximate surface area is 147 Å². The van der Waals surface area contributed by atoms with Crippen molar-refractivity contribution in [2.24, 2.45) is 0 Å². The number of methoxy groups -OCH3 is 1. The Balaban J connectivity index is 1.63. The van der Waals surface area contributed by atoms with E-state index in [1.807, 2.05) is 12.1 Å². The van der Waals surface area contributed by atoms with E-state index >= 15 is 0 Å². The summed E-state index contributed by atoms with van der Waals surface area (Å²) < 4.78 is 16.1. The Morgan fingerprint density at radius 1 is 1.17 bits per heavy atom. The average molecular weight is 397 g/mol. The molecule has 2 amide bonds. The van der Waals surface area contributed by atoms with Crippen LogP contribution >= 0.6 is 15.9 Å². The second kappa shape index (κ2) is 8.97. The predicted octanol–water partition coefficient (Wildman–Crippen LogP) is 1.98. The Kier molecular flexibility index (Phi) is 6.68. The van der Waals surface area contributed by atoms with Gasteiger partial charge in [0, 0.05) is 6.07 Å². The van der Waals surface area contributed by atoms with Crippen LogP contribution in [0.1, 0.15) is 10.6 Å². The van der Waals surface area contributed by atoms with Gasteiger partial charge in [0.1, 0.15) is 18.1 Å². The van der Waals surface area contributed by atoms with Crippen LogP contribution in [0.5, 0.6) is 11.5 Å². The van der Waals surface area contributed by atoms with Crippen LogP contribution in [0.25, 0.3) is 0 Å². The molecule has 0 radical (unpaired) electrons. The van der Waals surface area contributed by atoms with Crippen molar-refractivity contribution in [1.82, 2.24) is 10.6 Å². The van der Waals surface area contributed by atoms with Gasteiger partial charge in [0.2, 0.25) is 5.91 Å². The number of benzene rings is 1. The van der Waals surface area contributed by atoms with Crippen LogP contribution in [0.15, 0.2) is 45.5 Å². The van der Waals surface area contributed by atoms with Gasteiger partial charge in [-0.15, -0.1) is 0 Å². The van der Waals surface area contributed by atoms with Crippen molar-refractivity contribution in [2.75, 3.05) is 26.8 Å². The predicted molar refractivity (Wildman–Crippen MR) is 90.2 cm³/mol. The Morgan fingerprint density at radius 3 is 2.67 bits per heavy atom. The molecule has 2 rings (SSSR count). The molecule has 1 aromatic carbocycles. The van der Waals surface area contributed by atoms with E-state index in [0.717, 1.165) is 0 Å². The molecule has 2 N–H and O–H groups in total. The molecule has 2 aromatic rings. The van der Waals surface area contributed by atoms with Crippen LogP contribution in [-0.4, -0.2) is 38.6 Å². The summed E-state index contributed by atoms with van der Waals surface area (Å²) in [7, 11) is 1.58. The van der Waals surface area contributed by atoms with Gasteiger partial charge in [-0.3, -0.25) is 9.59 Å². The van der Waals surface area contributed by atoms with E-state index in [2.05, 4.69) is 26.6 Å². The third kappa shape index (κ3) is 5.62. The molecule has 0 fully saturated rings. The first-order valence-corrected chi connectivity index (χ1v) is 7.95. The fourth-order valence-corrected chi connectivity index (χ4v) is 2.10. The van der Waals surface area contributed by atoms with Crippen molar-refractivity contribution in [1.29, 1.82) is 0 Å². The second-order valence-electron chi connectivity index (χ2n) is 4.66. The van der Waals surface area contributed by atoms with Crippen molar-refractivity contribution in [2.45, 2.75) is 0 Å².